The third kappa shape index (κ3) is 3.86. The Morgan fingerprint density at radius 1 is 1.13 bits per heavy atom. The van der Waals surface area contributed by atoms with E-state index in [4.69, 9.17) is 4.74 Å². The molecule has 0 radical (unpaired) electrons. The number of urea groups is 1. The molecule has 3 amide bonds. The summed E-state index contributed by atoms with van der Waals surface area (Å²) in [6.45, 7) is 1.41. The molecule has 4 rings (SSSR count). The number of nitrogens with one attached hydrogen (secondary N) is 2. The van der Waals surface area contributed by atoms with Gasteiger partial charge in [-0.05, 0) is 42.8 Å². The number of rotatable bonds is 5. The molecular weight excluding hydrogens is 408 g/mol. The molecule has 1 aromatic heterocycles. The van der Waals surface area contributed by atoms with Crippen molar-refractivity contribution in [3.05, 3.63) is 87.6 Å². The number of amides is 3. The lowest BCUT2D eigenvalue weighted by Crippen LogP contribution is -2.49. The van der Waals surface area contributed by atoms with Crippen LogP contribution in [0.4, 0.5) is 13.6 Å². The highest BCUT2D eigenvalue weighted by Crippen LogP contribution is 2.32. The molecule has 2 heterocycles. The topological polar surface area (TPSA) is 89.4 Å². The molecule has 31 heavy (non-hydrogen) atoms. The maximum absolute atomic E-state index is 14.9. The number of nitrogens with zero attached hydrogens (tertiary/aromatic N) is 1. The van der Waals surface area contributed by atoms with Crippen molar-refractivity contribution in [3.8, 4) is 5.75 Å². The van der Waals surface area contributed by atoms with Crippen LogP contribution < -0.4 is 20.9 Å². The number of allylic oxidation sites excluding steroid dienone is 4. The molecule has 0 spiro atoms. The molecular formula is C22H19F2N3O4. The number of aromatic nitrogens is 1. The number of ether oxygens (including phenoxy) is 1. The van der Waals surface area contributed by atoms with Crippen LogP contribution in [-0.4, -0.2) is 16.5 Å². The van der Waals surface area contributed by atoms with E-state index < -0.39 is 23.3 Å². The zero-order valence-corrected chi connectivity index (χ0v) is 16.6. The van der Waals surface area contributed by atoms with E-state index in [0.29, 0.717) is 17.7 Å². The van der Waals surface area contributed by atoms with Gasteiger partial charge in [-0.2, -0.15) is 0 Å². The zero-order valence-electron chi connectivity index (χ0n) is 16.6. The van der Waals surface area contributed by atoms with Crippen molar-refractivity contribution in [2.75, 3.05) is 0 Å². The number of halogens is 2. The van der Waals surface area contributed by atoms with Gasteiger partial charge in [-0.15, -0.1) is 0 Å². The van der Waals surface area contributed by atoms with Crippen LogP contribution in [0.2, 0.25) is 0 Å². The minimum absolute atomic E-state index is 0.0988. The number of carbonyl (C=O) groups excluding carboxylic acids is 2. The average Bonchev–Trinajstić information content (AvgIpc) is 3.02. The Balaban J connectivity index is 1.70. The van der Waals surface area contributed by atoms with E-state index >= 15 is 0 Å². The molecule has 7 nitrogen and oxygen atoms in total. The van der Waals surface area contributed by atoms with Crippen molar-refractivity contribution >= 4 is 11.9 Å². The summed E-state index contributed by atoms with van der Waals surface area (Å²) < 4.78 is 34.8. The van der Waals surface area contributed by atoms with Gasteiger partial charge in [0.1, 0.15) is 11.6 Å². The molecule has 0 saturated carbocycles. The highest BCUT2D eigenvalue weighted by atomic mass is 19.1. The van der Waals surface area contributed by atoms with Crippen LogP contribution in [-0.2, 0) is 16.9 Å². The number of aryl methyl sites for hydroxylation is 1. The second-order valence-electron chi connectivity index (χ2n) is 7.43. The summed E-state index contributed by atoms with van der Waals surface area (Å²) in [4.78, 5) is 37.1. The van der Waals surface area contributed by atoms with Crippen LogP contribution >= 0.6 is 0 Å². The molecule has 160 valence electrons. The summed E-state index contributed by atoms with van der Waals surface area (Å²) in [7, 11) is 0. The number of hydrogen-bond donors (Lipinski definition) is 2. The third-order valence-electron chi connectivity index (χ3n) is 5.29. The maximum Gasteiger partial charge on any atom is 0.322 e. The lowest BCUT2D eigenvalue weighted by molar-refractivity contribution is -0.124. The monoisotopic (exact) mass is 427 g/mol. The van der Waals surface area contributed by atoms with Gasteiger partial charge < -0.3 is 14.6 Å². The fourth-order valence-corrected chi connectivity index (χ4v) is 3.60. The predicted octanol–water partition coefficient (Wildman–Crippen LogP) is 2.94. The van der Waals surface area contributed by atoms with Crippen LogP contribution in [0.25, 0.3) is 0 Å². The van der Waals surface area contributed by atoms with Crippen LogP contribution in [0.15, 0.2) is 65.1 Å². The van der Waals surface area contributed by atoms with E-state index in [-0.39, 0.29) is 35.7 Å². The van der Waals surface area contributed by atoms with E-state index in [9.17, 15) is 23.2 Å². The normalized spacial score (nSPS) is 20.6. The Bertz CT molecular complexity index is 1200. The zero-order chi connectivity index (χ0) is 22.2. The quantitative estimate of drug-likeness (QED) is 0.718. The summed E-state index contributed by atoms with van der Waals surface area (Å²) >= 11 is 0. The second-order valence-corrected chi connectivity index (χ2v) is 7.43. The summed E-state index contributed by atoms with van der Waals surface area (Å²) in [5.74, 6) is -1.44. The lowest BCUT2D eigenvalue weighted by atomic mass is 9.89. The first kappa shape index (κ1) is 20.5. The van der Waals surface area contributed by atoms with E-state index in [2.05, 4.69) is 10.6 Å². The summed E-state index contributed by atoms with van der Waals surface area (Å²) in [6, 6.07) is 6.40. The smallest absolute Gasteiger partial charge is 0.322 e. The fraction of sp³-hybridized carbons (Fsp3) is 0.227. The minimum atomic E-state index is -1.68. The SMILES string of the molecule is Cc1cccn(CC2(c3ccc(OC4=CC=C(F)CC4)c(F)c3)NC(=O)NC2=O)c1=O. The third-order valence-corrected chi connectivity index (χ3v) is 5.29. The average molecular weight is 427 g/mol. The number of carbonyl (C=O) groups is 2. The van der Waals surface area contributed by atoms with Gasteiger partial charge in [0.15, 0.2) is 17.1 Å². The van der Waals surface area contributed by atoms with Crippen molar-refractivity contribution in [1.82, 2.24) is 15.2 Å². The van der Waals surface area contributed by atoms with Gasteiger partial charge >= 0.3 is 6.03 Å². The Morgan fingerprint density at radius 3 is 2.58 bits per heavy atom. The van der Waals surface area contributed by atoms with E-state index in [0.717, 1.165) is 6.07 Å². The molecule has 2 aliphatic rings. The molecule has 1 atom stereocenters. The highest BCUT2D eigenvalue weighted by Gasteiger charge is 2.48. The van der Waals surface area contributed by atoms with Gasteiger partial charge in [-0.1, -0.05) is 12.1 Å². The van der Waals surface area contributed by atoms with Gasteiger partial charge in [0.2, 0.25) is 0 Å². The Kier molecular flexibility index (Phi) is 5.18. The van der Waals surface area contributed by atoms with Crippen molar-refractivity contribution in [1.29, 1.82) is 0 Å². The van der Waals surface area contributed by atoms with Crippen molar-refractivity contribution in [2.24, 2.45) is 0 Å². The van der Waals surface area contributed by atoms with Gasteiger partial charge in [-0.3, -0.25) is 14.9 Å². The first-order valence-electron chi connectivity index (χ1n) is 9.61. The molecule has 1 aliphatic heterocycles. The lowest BCUT2D eigenvalue weighted by Gasteiger charge is -2.28. The first-order chi connectivity index (χ1) is 14.8. The van der Waals surface area contributed by atoms with Crippen LogP contribution in [0, 0.1) is 12.7 Å². The predicted molar refractivity (Wildman–Crippen MR) is 107 cm³/mol. The molecule has 1 aliphatic carbocycles. The van der Waals surface area contributed by atoms with Gasteiger partial charge in [0.05, 0.1) is 6.54 Å². The van der Waals surface area contributed by atoms with Gasteiger partial charge in [-0.25, -0.2) is 13.6 Å². The summed E-state index contributed by atoms with van der Waals surface area (Å²) in [6.07, 6.45) is 4.65. The van der Waals surface area contributed by atoms with E-state index in [1.54, 1.807) is 19.1 Å². The largest absolute Gasteiger partial charge is 0.459 e. The molecule has 1 saturated heterocycles. The van der Waals surface area contributed by atoms with Crippen molar-refractivity contribution in [2.45, 2.75) is 31.8 Å². The molecule has 1 unspecified atom stereocenters. The van der Waals surface area contributed by atoms with Crippen LogP contribution in [0.3, 0.4) is 0 Å². The second kappa shape index (κ2) is 7.82. The van der Waals surface area contributed by atoms with Crippen molar-refractivity contribution < 1.29 is 23.1 Å². The Morgan fingerprint density at radius 2 is 1.94 bits per heavy atom. The Hall–Kier alpha value is -3.75. The minimum Gasteiger partial charge on any atom is -0.459 e. The number of imide groups is 1. The molecule has 1 fully saturated rings. The standard InChI is InChI=1S/C22H19F2N3O4/c1-13-3-2-10-27(19(13)28)12-22(20(29)25-21(30)26-22)14-4-9-18(17(24)11-14)31-16-7-5-15(23)6-8-16/h2-5,7,9-11H,6,8,12H2,1H3,(H2,25,26,29,30). The molecule has 9 heteroatoms. The molecule has 2 aromatic rings. The van der Waals surface area contributed by atoms with Crippen molar-refractivity contribution in [3.63, 3.8) is 0 Å². The Labute approximate surface area is 176 Å². The van der Waals surface area contributed by atoms with Gasteiger partial charge in [0, 0.05) is 24.6 Å². The van der Waals surface area contributed by atoms with E-state index in [1.165, 1.54) is 35.0 Å². The molecule has 2 N–H and O–H groups in total. The number of pyridine rings is 1. The number of benzene rings is 1. The number of hydrogen-bond acceptors (Lipinski definition) is 4. The first-order valence-corrected chi connectivity index (χ1v) is 9.61. The molecule has 1 aromatic carbocycles. The molecule has 0 bridgehead atoms. The summed E-state index contributed by atoms with van der Waals surface area (Å²) in [5.41, 5.74) is -1.40. The van der Waals surface area contributed by atoms with Crippen LogP contribution in [0.1, 0.15) is 24.0 Å². The van der Waals surface area contributed by atoms with Crippen LogP contribution in [0.5, 0.6) is 5.75 Å². The maximum atomic E-state index is 14.9. The van der Waals surface area contributed by atoms with E-state index in [1.807, 2.05) is 0 Å². The summed E-state index contributed by atoms with van der Waals surface area (Å²) in [5, 5.41) is 4.69. The highest BCUT2D eigenvalue weighted by molar-refractivity contribution is 6.07. The fourth-order valence-electron chi connectivity index (χ4n) is 3.60. The van der Waals surface area contributed by atoms with Gasteiger partial charge in [0.25, 0.3) is 11.5 Å².